The van der Waals surface area contributed by atoms with Crippen molar-refractivity contribution in [1.29, 1.82) is 0 Å². The molecule has 0 saturated carbocycles. The van der Waals surface area contributed by atoms with Crippen molar-refractivity contribution < 1.29 is 4.79 Å². The molecule has 3 heterocycles. The number of rotatable bonds is 6. The van der Waals surface area contributed by atoms with Gasteiger partial charge in [0, 0.05) is 30.8 Å². The van der Waals surface area contributed by atoms with Crippen molar-refractivity contribution in [3.8, 4) is 0 Å². The summed E-state index contributed by atoms with van der Waals surface area (Å²) < 4.78 is 0. The first-order valence-electron chi connectivity index (χ1n) is 9.47. The van der Waals surface area contributed by atoms with Gasteiger partial charge in [-0.25, -0.2) is 4.98 Å². The van der Waals surface area contributed by atoms with E-state index in [1.54, 1.807) is 11.3 Å². The summed E-state index contributed by atoms with van der Waals surface area (Å²) in [6.07, 6.45) is 3.01. The van der Waals surface area contributed by atoms with Crippen LogP contribution in [-0.2, 0) is 11.2 Å². The Hall–Kier alpha value is -1.73. The largest absolute Gasteiger partial charge is 0.343 e. The Morgan fingerprint density at radius 2 is 2.08 bits per heavy atom. The monoisotopic (exact) mass is 376 g/mol. The van der Waals surface area contributed by atoms with E-state index < -0.39 is 0 Å². The standard InChI is InChI=1S/C19H28N4O2S/c1-4-20-11-14-7-9-23(10-8-14)16(24)6-5-15-21-18(25)17-12(2)13(3)26-19(17)22-15/h14,20H,4-11H2,1-3H3,(H,21,22,25). The number of hydrogen-bond donors (Lipinski definition) is 2. The van der Waals surface area contributed by atoms with Crippen LogP contribution in [0.3, 0.4) is 0 Å². The number of thiophene rings is 1. The maximum absolute atomic E-state index is 12.5. The average Bonchev–Trinajstić information content (AvgIpc) is 2.92. The van der Waals surface area contributed by atoms with Crippen molar-refractivity contribution in [2.24, 2.45) is 5.92 Å². The van der Waals surface area contributed by atoms with Crippen LogP contribution in [0.15, 0.2) is 4.79 Å². The second-order valence-electron chi connectivity index (χ2n) is 7.11. The smallest absolute Gasteiger partial charge is 0.259 e. The third kappa shape index (κ3) is 4.15. The number of nitrogens with one attached hydrogen (secondary N) is 2. The van der Waals surface area contributed by atoms with E-state index in [-0.39, 0.29) is 11.5 Å². The molecule has 7 heteroatoms. The zero-order chi connectivity index (χ0) is 18.7. The van der Waals surface area contributed by atoms with Crippen LogP contribution in [0.2, 0.25) is 0 Å². The highest BCUT2D eigenvalue weighted by Crippen LogP contribution is 2.25. The summed E-state index contributed by atoms with van der Waals surface area (Å²) in [5, 5.41) is 4.08. The van der Waals surface area contributed by atoms with E-state index in [0.29, 0.717) is 30.0 Å². The Morgan fingerprint density at radius 3 is 2.77 bits per heavy atom. The number of fused-ring (bicyclic) bond motifs is 1. The molecule has 1 amide bonds. The first kappa shape index (κ1) is 19.0. The summed E-state index contributed by atoms with van der Waals surface area (Å²) in [5.41, 5.74) is 0.908. The Kier molecular flexibility index (Phi) is 6.09. The van der Waals surface area contributed by atoms with Crippen molar-refractivity contribution in [3.63, 3.8) is 0 Å². The van der Waals surface area contributed by atoms with Gasteiger partial charge in [-0.05, 0) is 51.3 Å². The van der Waals surface area contributed by atoms with Crippen molar-refractivity contribution >= 4 is 27.5 Å². The van der Waals surface area contributed by atoms with Crippen LogP contribution in [0.25, 0.3) is 10.2 Å². The van der Waals surface area contributed by atoms with E-state index >= 15 is 0 Å². The molecule has 3 rings (SSSR count). The molecule has 26 heavy (non-hydrogen) atoms. The molecule has 0 radical (unpaired) electrons. The molecule has 0 spiro atoms. The summed E-state index contributed by atoms with van der Waals surface area (Å²) >= 11 is 1.54. The maximum Gasteiger partial charge on any atom is 0.259 e. The van der Waals surface area contributed by atoms with Crippen LogP contribution in [0.1, 0.15) is 42.5 Å². The predicted octanol–water partition coefficient (Wildman–Crippen LogP) is 2.38. The third-order valence-electron chi connectivity index (χ3n) is 5.31. The molecule has 1 aliphatic rings. The summed E-state index contributed by atoms with van der Waals surface area (Å²) in [6.45, 7) is 9.79. The number of H-pyrrole nitrogens is 1. The third-order valence-corrected chi connectivity index (χ3v) is 6.42. The molecule has 1 saturated heterocycles. The molecule has 2 aromatic heterocycles. The first-order chi connectivity index (χ1) is 12.5. The van der Waals surface area contributed by atoms with E-state index in [2.05, 4.69) is 22.2 Å². The number of carbonyl (C=O) groups excluding carboxylic acids is 1. The molecular weight excluding hydrogens is 348 g/mol. The van der Waals surface area contributed by atoms with Crippen LogP contribution in [0, 0.1) is 19.8 Å². The molecule has 1 aliphatic heterocycles. The quantitative estimate of drug-likeness (QED) is 0.811. The minimum Gasteiger partial charge on any atom is -0.343 e. The molecule has 0 atom stereocenters. The molecule has 2 N–H and O–H groups in total. The fourth-order valence-electron chi connectivity index (χ4n) is 3.54. The average molecular weight is 377 g/mol. The van der Waals surface area contributed by atoms with Crippen LogP contribution < -0.4 is 10.9 Å². The number of aromatic nitrogens is 2. The number of aryl methyl sites for hydroxylation is 3. The summed E-state index contributed by atoms with van der Waals surface area (Å²) in [4.78, 5) is 36.1. The Bertz CT molecular complexity index is 834. The van der Waals surface area contributed by atoms with Gasteiger partial charge in [-0.2, -0.15) is 0 Å². The SMILES string of the molecule is CCNCC1CCN(C(=O)CCc2nc3sc(C)c(C)c3c(=O)[nH]2)CC1. The minimum absolute atomic E-state index is 0.0939. The minimum atomic E-state index is -0.0939. The van der Waals surface area contributed by atoms with Crippen LogP contribution in [0.4, 0.5) is 0 Å². The van der Waals surface area contributed by atoms with Gasteiger partial charge < -0.3 is 15.2 Å². The highest BCUT2D eigenvalue weighted by atomic mass is 32.1. The lowest BCUT2D eigenvalue weighted by Gasteiger charge is -2.32. The molecule has 6 nitrogen and oxygen atoms in total. The van der Waals surface area contributed by atoms with E-state index in [1.807, 2.05) is 18.7 Å². The molecule has 2 aromatic rings. The summed E-state index contributed by atoms with van der Waals surface area (Å²) in [5.74, 6) is 1.44. The van der Waals surface area contributed by atoms with Gasteiger partial charge in [-0.3, -0.25) is 9.59 Å². The Morgan fingerprint density at radius 1 is 1.35 bits per heavy atom. The van der Waals surface area contributed by atoms with Crippen LogP contribution in [0.5, 0.6) is 0 Å². The zero-order valence-electron chi connectivity index (χ0n) is 15.9. The first-order valence-corrected chi connectivity index (χ1v) is 10.3. The molecular formula is C19H28N4O2S. The van der Waals surface area contributed by atoms with Gasteiger partial charge >= 0.3 is 0 Å². The van der Waals surface area contributed by atoms with Crippen molar-refractivity contribution in [3.05, 3.63) is 26.6 Å². The van der Waals surface area contributed by atoms with Gasteiger partial charge in [0.2, 0.25) is 5.91 Å². The number of piperidine rings is 1. The number of aromatic amines is 1. The molecule has 0 aromatic carbocycles. The van der Waals surface area contributed by atoms with Gasteiger partial charge in [-0.1, -0.05) is 6.92 Å². The lowest BCUT2D eigenvalue weighted by Crippen LogP contribution is -2.40. The fourth-order valence-corrected chi connectivity index (χ4v) is 4.58. The normalized spacial score (nSPS) is 15.7. The van der Waals surface area contributed by atoms with Crippen LogP contribution in [-0.4, -0.2) is 47.0 Å². The lowest BCUT2D eigenvalue weighted by molar-refractivity contribution is -0.132. The molecule has 1 fully saturated rings. The van der Waals surface area contributed by atoms with Gasteiger partial charge in [0.15, 0.2) is 0 Å². The predicted molar refractivity (Wildman–Crippen MR) is 106 cm³/mol. The van der Waals surface area contributed by atoms with E-state index in [9.17, 15) is 9.59 Å². The Balaban J connectivity index is 1.57. The molecule has 0 aliphatic carbocycles. The molecule has 0 bridgehead atoms. The van der Waals surface area contributed by atoms with Gasteiger partial charge in [-0.15, -0.1) is 11.3 Å². The highest BCUT2D eigenvalue weighted by Gasteiger charge is 2.22. The zero-order valence-corrected chi connectivity index (χ0v) is 16.7. The highest BCUT2D eigenvalue weighted by molar-refractivity contribution is 7.18. The lowest BCUT2D eigenvalue weighted by atomic mass is 9.96. The van der Waals surface area contributed by atoms with E-state index in [1.165, 1.54) is 0 Å². The molecule has 0 unspecified atom stereocenters. The fraction of sp³-hybridized carbons (Fsp3) is 0.632. The van der Waals surface area contributed by atoms with Gasteiger partial charge in [0.1, 0.15) is 10.7 Å². The summed E-state index contributed by atoms with van der Waals surface area (Å²) in [6, 6.07) is 0. The van der Waals surface area contributed by atoms with Crippen molar-refractivity contribution in [1.82, 2.24) is 20.2 Å². The number of likely N-dealkylation sites (tertiary alicyclic amines) is 1. The number of carbonyl (C=O) groups is 1. The Labute approximate surface area is 158 Å². The van der Waals surface area contributed by atoms with Crippen molar-refractivity contribution in [2.45, 2.75) is 46.5 Å². The number of hydrogen-bond acceptors (Lipinski definition) is 5. The summed E-state index contributed by atoms with van der Waals surface area (Å²) in [7, 11) is 0. The second-order valence-corrected chi connectivity index (χ2v) is 8.31. The topological polar surface area (TPSA) is 78.1 Å². The number of amides is 1. The van der Waals surface area contributed by atoms with E-state index in [4.69, 9.17) is 0 Å². The second kappa shape index (κ2) is 8.31. The van der Waals surface area contributed by atoms with Gasteiger partial charge in [0.25, 0.3) is 5.56 Å². The molecule has 142 valence electrons. The van der Waals surface area contributed by atoms with E-state index in [0.717, 1.165) is 54.3 Å². The van der Waals surface area contributed by atoms with Gasteiger partial charge in [0.05, 0.1) is 5.39 Å². The van der Waals surface area contributed by atoms with Crippen molar-refractivity contribution in [2.75, 3.05) is 26.2 Å². The number of nitrogens with zero attached hydrogens (tertiary/aromatic N) is 2. The van der Waals surface area contributed by atoms with Crippen LogP contribution >= 0.6 is 11.3 Å². The maximum atomic E-state index is 12.5.